The normalized spacial score (nSPS) is 13.3. The van der Waals surface area contributed by atoms with Gasteiger partial charge >= 0.3 is 6.09 Å². The van der Waals surface area contributed by atoms with E-state index in [9.17, 15) is 4.79 Å². The van der Waals surface area contributed by atoms with Crippen molar-refractivity contribution in [2.45, 2.75) is 12.0 Å². The van der Waals surface area contributed by atoms with Gasteiger partial charge in [0.1, 0.15) is 0 Å². The van der Waals surface area contributed by atoms with Crippen molar-refractivity contribution < 1.29 is 14.6 Å². The number of methoxy groups -OCH3 is 1. The van der Waals surface area contributed by atoms with Crippen LogP contribution in [0.4, 0.5) is 10.5 Å². The SMILES string of the molecule is CO[C@@H](c1cccc(N)c1)[C@@H](CNC(=O)O)c1ccc(Cl)c(Cl)c1. The molecule has 7 heteroatoms. The van der Waals surface area contributed by atoms with Gasteiger partial charge in [-0.05, 0) is 35.4 Å². The number of hydrogen-bond donors (Lipinski definition) is 3. The van der Waals surface area contributed by atoms with Crippen LogP contribution < -0.4 is 11.1 Å². The van der Waals surface area contributed by atoms with Crippen molar-refractivity contribution in [3.63, 3.8) is 0 Å². The summed E-state index contributed by atoms with van der Waals surface area (Å²) in [5, 5.41) is 12.2. The lowest BCUT2D eigenvalue weighted by atomic mass is 9.88. The highest BCUT2D eigenvalue weighted by atomic mass is 35.5. The third-order valence-electron chi connectivity index (χ3n) is 3.70. The number of amides is 1. The Balaban J connectivity index is 2.42. The molecule has 4 N–H and O–H groups in total. The molecule has 2 atom stereocenters. The number of benzene rings is 2. The summed E-state index contributed by atoms with van der Waals surface area (Å²) in [6, 6.07) is 12.5. The van der Waals surface area contributed by atoms with Crippen LogP contribution in [0, 0.1) is 0 Å². The van der Waals surface area contributed by atoms with Crippen molar-refractivity contribution in [1.82, 2.24) is 5.32 Å². The van der Waals surface area contributed by atoms with Crippen molar-refractivity contribution in [1.29, 1.82) is 0 Å². The second kappa shape index (κ2) is 8.24. The highest BCUT2D eigenvalue weighted by Crippen LogP contribution is 2.36. The molecule has 0 saturated carbocycles. The van der Waals surface area contributed by atoms with Crippen molar-refractivity contribution in [2.24, 2.45) is 0 Å². The van der Waals surface area contributed by atoms with Gasteiger partial charge in [0.15, 0.2) is 0 Å². The molecule has 0 radical (unpaired) electrons. The van der Waals surface area contributed by atoms with Crippen LogP contribution in [0.3, 0.4) is 0 Å². The average Bonchev–Trinajstić information content (AvgIpc) is 2.54. The zero-order valence-electron chi connectivity index (χ0n) is 13.0. The lowest BCUT2D eigenvalue weighted by Crippen LogP contribution is -2.30. The summed E-state index contributed by atoms with van der Waals surface area (Å²) in [4.78, 5) is 10.9. The summed E-state index contributed by atoms with van der Waals surface area (Å²) >= 11 is 12.1. The Kier molecular flexibility index (Phi) is 6.31. The minimum atomic E-state index is -1.11. The third kappa shape index (κ3) is 4.54. The zero-order chi connectivity index (χ0) is 17.7. The van der Waals surface area contributed by atoms with Crippen LogP contribution in [0.1, 0.15) is 23.1 Å². The number of ether oxygens (including phenoxy) is 1. The van der Waals surface area contributed by atoms with Crippen LogP contribution in [-0.2, 0) is 4.74 Å². The first-order valence-electron chi connectivity index (χ1n) is 7.22. The number of halogens is 2. The van der Waals surface area contributed by atoms with E-state index in [1.165, 1.54) is 0 Å². The van der Waals surface area contributed by atoms with Gasteiger partial charge in [-0.15, -0.1) is 0 Å². The van der Waals surface area contributed by atoms with Crippen LogP contribution in [0.25, 0.3) is 0 Å². The molecule has 0 fully saturated rings. The third-order valence-corrected chi connectivity index (χ3v) is 4.44. The number of carbonyl (C=O) groups is 1. The van der Waals surface area contributed by atoms with E-state index in [0.29, 0.717) is 15.7 Å². The number of anilines is 1. The van der Waals surface area contributed by atoms with Crippen LogP contribution in [0.15, 0.2) is 42.5 Å². The van der Waals surface area contributed by atoms with Gasteiger partial charge in [-0.3, -0.25) is 0 Å². The number of hydrogen-bond acceptors (Lipinski definition) is 3. The van der Waals surface area contributed by atoms with Crippen LogP contribution in [0.2, 0.25) is 10.0 Å². The minimum Gasteiger partial charge on any atom is -0.465 e. The Morgan fingerprint density at radius 2 is 1.96 bits per heavy atom. The smallest absolute Gasteiger partial charge is 0.404 e. The molecule has 2 rings (SSSR count). The average molecular weight is 369 g/mol. The largest absolute Gasteiger partial charge is 0.465 e. The highest BCUT2D eigenvalue weighted by molar-refractivity contribution is 6.42. The fraction of sp³-hybridized carbons (Fsp3) is 0.235. The van der Waals surface area contributed by atoms with Gasteiger partial charge in [0.05, 0.1) is 16.1 Å². The first-order valence-corrected chi connectivity index (χ1v) is 7.98. The van der Waals surface area contributed by atoms with E-state index >= 15 is 0 Å². The molecule has 0 spiro atoms. The molecule has 0 heterocycles. The summed E-state index contributed by atoms with van der Waals surface area (Å²) in [6.45, 7) is 0.153. The number of rotatable bonds is 6. The van der Waals surface area contributed by atoms with Crippen molar-refractivity contribution in [2.75, 3.05) is 19.4 Å². The Morgan fingerprint density at radius 3 is 2.54 bits per heavy atom. The minimum absolute atomic E-state index is 0.153. The van der Waals surface area contributed by atoms with E-state index in [0.717, 1.165) is 11.1 Å². The summed E-state index contributed by atoms with van der Waals surface area (Å²) in [5.41, 5.74) is 8.12. The quantitative estimate of drug-likeness (QED) is 0.663. The predicted molar refractivity (Wildman–Crippen MR) is 95.8 cm³/mol. The molecule has 2 aromatic rings. The maximum absolute atomic E-state index is 10.9. The zero-order valence-corrected chi connectivity index (χ0v) is 14.5. The van der Waals surface area contributed by atoms with E-state index < -0.39 is 12.2 Å². The standard InChI is InChI=1S/C17H18Cl2N2O3/c1-24-16(11-3-2-4-12(20)7-11)13(9-21-17(22)23)10-5-6-14(18)15(19)8-10/h2-8,13,16,21H,9,20H2,1H3,(H,22,23)/t13-,16-/m0/s1. The summed E-state index contributed by atoms with van der Waals surface area (Å²) < 4.78 is 5.65. The second-order valence-electron chi connectivity index (χ2n) is 5.29. The molecule has 0 bridgehead atoms. The molecule has 1 amide bonds. The fourth-order valence-corrected chi connectivity index (χ4v) is 2.92. The fourth-order valence-electron chi connectivity index (χ4n) is 2.61. The molecule has 0 aromatic heterocycles. The van der Waals surface area contributed by atoms with E-state index in [-0.39, 0.29) is 12.5 Å². The van der Waals surface area contributed by atoms with Gasteiger partial charge < -0.3 is 20.9 Å². The topological polar surface area (TPSA) is 84.6 Å². The highest BCUT2D eigenvalue weighted by Gasteiger charge is 2.26. The number of nitrogens with one attached hydrogen (secondary N) is 1. The molecule has 2 aromatic carbocycles. The van der Waals surface area contributed by atoms with Gasteiger partial charge in [0.25, 0.3) is 0 Å². The van der Waals surface area contributed by atoms with Crippen LogP contribution in [-0.4, -0.2) is 24.9 Å². The van der Waals surface area contributed by atoms with Crippen molar-refractivity contribution in [3.05, 3.63) is 63.6 Å². The number of carboxylic acid groups (broad SMARTS) is 1. The summed E-state index contributed by atoms with van der Waals surface area (Å²) in [5.74, 6) is -0.303. The lowest BCUT2D eigenvalue weighted by molar-refractivity contribution is 0.0779. The first-order chi connectivity index (χ1) is 11.4. The molecule has 0 aliphatic carbocycles. The first kappa shape index (κ1) is 18.4. The molecule has 24 heavy (non-hydrogen) atoms. The molecule has 128 valence electrons. The van der Waals surface area contributed by atoms with Gasteiger partial charge in [0.2, 0.25) is 0 Å². The maximum atomic E-state index is 10.9. The Bertz CT molecular complexity index is 725. The maximum Gasteiger partial charge on any atom is 0.404 e. The molecule has 5 nitrogen and oxygen atoms in total. The monoisotopic (exact) mass is 368 g/mol. The Morgan fingerprint density at radius 1 is 1.21 bits per heavy atom. The summed E-state index contributed by atoms with van der Waals surface area (Å²) in [6.07, 6.45) is -1.51. The van der Waals surface area contributed by atoms with Gasteiger partial charge in [-0.1, -0.05) is 41.4 Å². The predicted octanol–water partition coefficient (Wildman–Crippen LogP) is 4.31. The van der Waals surface area contributed by atoms with E-state index in [1.54, 1.807) is 37.4 Å². The summed E-state index contributed by atoms with van der Waals surface area (Å²) in [7, 11) is 1.57. The molecule has 0 aliphatic heterocycles. The van der Waals surface area contributed by atoms with Crippen molar-refractivity contribution >= 4 is 35.0 Å². The molecular weight excluding hydrogens is 351 g/mol. The van der Waals surface area contributed by atoms with Crippen molar-refractivity contribution in [3.8, 4) is 0 Å². The Labute approximate surface area is 150 Å². The van der Waals surface area contributed by atoms with Gasteiger partial charge in [0, 0.05) is 25.3 Å². The van der Waals surface area contributed by atoms with E-state index in [2.05, 4.69) is 5.32 Å². The molecule has 0 saturated heterocycles. The lowest BCUT2D eigenvalue weighted by Gasteiger charge is -2.27. The van der Waals surface area contributed by atoms with Crippen LogP contribution in [0.5, 0.6) is 0 Å². The number of nitrogen functional groups attached to an aromatic ring is 1. The molecule has 0 aliphatic rings. The van der Waals surface area contributed by atoms with Gasteiger partial charge in [-0.2, -0.15) is 0 Å². The number of nitrogens with two attached hydrogens (primary N) is 1. The van der Waals surface area contributed by atoms with E-state index in [1.807, 2.05) is 12.1 Å². The second-order valence-corrected chi connectivity index (χ2v) is 6.11. The molecular formula is C17H18Cl2N2O3. The van der Waals surface area contributed by atoms with Crippen LogP contribution >= 0.6 is 23.2 Å². The Hall–Kier alpha value is -1.95. The van der Waals surface area contributed by atoms with E-state index in [4.69, 9.17) is 38.8 Å². The van der Waals surface area contributed by atoms with Gasteiger partial charge in [-0.25, -0.2) is 4.79 Å². The molecule has 0 unspecified atom stereocenters.